The van der Waals surface area contributed by atoms with Crippen LogP contribution in [0.4, 0.5) is 17.6 Å². The Morgan fingerprint density at radius 3 is 2.10 bits per heavy atom. The first-order valence-corrected chi connectivity index (χ1v) is 9.14. The van der Waals surface area contributed by atoms with E-state index in [2.05, 4.69) is 41.1 Å². The van der Waals surface area contributed by atoms with Crippen molar-refractivity contribution in [2.45, 2.75) is 0 Å². The SMILES string of the molecule is N#Cc1ccccc1NC(=O)c1cnc(N2CCN(c3ncccn3)CC2)nc1. The van der Waals surface area contributed by atoms with Crippen LogP contribution in [0.15, 0.2) is 55.1 Å². The first kappa shape index (κ1) is 18.3. The quantitative estimate of drug-likeness (QED) is 0.721. The van der Waals surface area contributed by atoms with E-state index in [0.717, 1.165) is 32.1 Å². The van der Waals surface area contributed by atoms with Crippen LogP contribution < -0.4 is 15.1 Å². The topological polar surface area (TPSA) is 111 Å². The Balaban J connectivity index is 1.38. The predicted octanol–water partition coefficient (Wildman–Crippen LogP) is 1.72. The van der Waals surface area contributed by atoms with Crippen molar-refractivity contribution >= 4 is 23.5 Å². The van der Waals surface area contributed by atoms with E-state index in [1.165, 1.54) is 12.4 Å². The van der Waals surface area contributed by atoms with E-state index >= 15 is 0 Å². The molecule has 0 aliphatic carbocycles. The van der Waals surface area contributed by atoms with Gasteiger partial charge < -0.3 is 15.1 Å². The maximum Gasteiger partial charge on any atom is 0.258 e. The van der Waals surface area contributed by atoms with Crippen molar-refractivity contribution in [2.75, 3.05) is 41.3 Å². The van der Waals surface area contributed by atoms with Crippen LogP contribution in [0.25, 0.3) is 0 Å². The Morgan fingerprint density at radius 2 is 1.48 bits per heavy atom. The van der Waals surface area contributed by atoms with Gasteiger partial charge in [0.05, 0.1) is 16.8 Å². The molecule has 9 nitrogen and oxygen atoms in total. The number of hydrogen-bond donors (Lipinski definition) is 1. The van der Waals surface area contributed by atoms with Gasteiger partial charge in [-0.1, -0.05) is 12.1 Å². The van der Waals surface area contributed by atoms with Crippen molar-refractivity contribution in [3.8, 4) is 6.07 Å². The van der Waals surface area contributed by atoms with Crippen LogP contribution in [0, 0.1) is 11.3 Å². The van der Waals surface area contributed by atoms with E-state index in [0.29, 0.717) is 22.8 Å². The summed E-state index contributed by atoms with van der Waals surface area (Å²) in [4.78, 5) is 33.9. The molecule has 1 fully saturated rings. The highest BCUT2D eigenvalue weighted by molar-refractivity contribution is 6.04. The lowest BCUT2D eigenvalue weighted by molar-refractivity contribution is 0.102. The fourth-order valence-electron chi connectivity index (χ4n) is 3.05. The van der Waals surface area contributed by atoms with Crippen LogP contribution in [0.2, 0.25) is 0 Å². The highest BCUT2D eigenvalue weighted by Gasteiger charge is 2.21. The average Bonchev–Trinajstić information content (AvgIpc) is 2.80. The zero-order chi connectivity index (χ0) is 20.1. The first-order chi connectivity index (χ1) is 14.2. The molecular weight excluding hydrogens is 368 g/mol. The van der Waals surface area contributed by atoms with Gasteiger partial charge in [-0.25, -0.2) is 19.9 Å². The molecule has 0 atom stereocenters. The molecule has 0 bridgehead atoms. The van der Waals surface area contributed by atoms with Gasteiger partial charge in [0, 0.05) is 51.0 Å². The third-order valence-corrected chi connectivity index (χ3v) is 4.59. The summed E-state index contributed by atoms with van der Waals surface area (Å²) in [6, 6.07) is 10.7. The van der Waals surface area contributed by atoms with Crippen molar-refractivity contribution in [1.82, 2.24) is 19.9 Å². The molecule has 1 N–H and O–H groups in total. The van der Waals surface area contributed by atoms with Crippen LogP contribution in [0.5, 0.6) is 0 Å². The molecule has 9 heteroatoms. The lowest BCUT2D eigenvalue weighted by atomic mass is 10.2. The summed E-state index contributed by atoms with van der Waals surface area (Å²) in [6.07, 6.45) is 6.46. The van der Waals surface area contributed by atoms with Crippen molar-refractivity contribution in [1.29, 1.82) is 5.26 Å². The number of anilines is 3. The Kier molecular flexibility index (Phi) is 5.25. The molecule has 1 aliphatic rings. The summed E-state index contributed by atoms with van der Waals surface area (Å²) in [7, 11) is 0. The van der Waals surface area contributed by atoms with Crippen molar-refractivity contribution in [3.05, 3.63) is 66.2 Å². The zero-order valence-corrected chi connectivity index (χ0v) is 15.6. The number of nitriles is 1. The number of nitrogens with one attached hydrogen (secondary N) is 1. The van der Waals surface area contributed by atoms with E-state index in [1.54, 1.807) is 42.7 Å². The first-order valence-electron chi connectivity index (χ1n) is 9.14. The van der Waals surface area contributed by atoms with Crippen LogP contribution in [-0.2, 0) is 0 Å². The molecule has 3 aromatic rings. The van der Waals surface area contributed by atoms with Crippen LogP contribution in [-0.4, -0.2) is 52.0 Å². The van der Waals surface area contributed by atoms with Gasteiger partial charge in [0.1, 0.15) is 6.07 Å². The minimum atomic E-state index is -0.356. The normalized spacial score (nSPS) is 13.6. The Labute approximate surface area is 167 Å². The number of carbonyl (C=O) groups excluding carboxylic acids is 1. The van der Waals surface area contributed by atoms with Crippen molar-refractivity contribution in [2.24, 2.45) is 0 Å². The molecule has 3 heterocycles. The number of carbonyl (C=O) groups is 1. The summed E-state index contributed by atoms with van der Waals surface area (Å²) < 4.78 is 0. The molecule has 2 aromatic heterocycles. The van der Waals surface area contributed by atoms with Crippen molar-refractivity contribution in [3.63, 3.8) is 0 Å². The number of amides is 1. The second kappa shape index (κ2) is 8.31. The smallest absolute Gasteiger partial charge is 0.258 e. The van der Waals surface area contributed by atoms with E-state index in [4.69, 9.17) is 5.26 Å². The minimum Gasteiger partial charge on any atom is -0.337 e. The molecule has 1 aliphatic heterocycles. The van der Waals surface area contributed by atoms with Gasteiger partial charge in [0.25, 0.3) is 5.91 Å². The monoisotopic (exact) mass is 386 g/mol. The lowest BCUT2D eigenvalue weighted by Crippen LogP contribution is -2.47. The van der Waals surface area contributed by atoms with E-state index < -0.39 is 0 Å². The highest BCUT2D eigenvalue weighted by atomic mass is 16.1. The largest absolute Gasteiger partial charge is 0.337 e. The number of para-hydroxylation sites is 1. The molecule has 0 spiro atoms. The van der Waals surface area contributed by atoms with Crippen LogP contribution in [0.1, 0.15) is 15.9 Å². The van der Waals surface area contributed by atoms with Gasteiger partial charge in [0.15, 0.2) is 0 Å². The van der Waals surface area contributed by atoms with E-state index in [9.17, 15) is 4.79 Å². The Hall–Kier alpha value is -4.06. The fourth-order valence-corrected chi connectivity index (χ4v) is 3.05. The number of piperazine rings is 1. The predicted molar refractivity (Wildman–Crippen MR) is 108 cm³/mol. The summed E-state index contributed by atoms with van der Waals surface area (Å²) in [5, 5.41) is 11.9. The molecule has 1 amide bonds. The summed E-state index contributed by atoms with van der Waals surface area (Å²) in [5.74, 6) is 0.940. The standard InChI is InChI=1S/C20H18N8O/c21-12-15-4-1-2-5-17(15)26-18(29)16-13-24-20(25-14-16)28-10-8-27(9-11-28)19-22-6-3-7-23-19/h1-7,13-14H,8-11H2,(H,26,29). The maximum atomic E-state index is 12.4. The number of hydrogen-bond acceptors (Lipinski definition) is 8. The zero-order valence-electron chi connectivity index (χ0n) is 15.6. The van der Waals surface area contributed by atoms with E-state index in [1.807, 2.05) is 0 Å². The molecule has 144 valence electrons. The fraction of sp³-hybridized carbons (Fsp3) is 0.200. The van der Waals surface area contributed by atoms with Gasteiger partial charge in [-0.15, -0.1) is 0 Å². The summed E-state index contributed by atoms with van der Waals surface area (Å²) in [6.45, 7) is 3.00. The highest BCUT2D eigenvalue weighted by Crippen LogP contribution is 2.16. The second-order valence-electron chi connectivity index (χ2n) is 6.41. The van der Waals surface area contributed by atoms with Crippen LogP contribution >= 0.6 is 0 Å². The van der Waals surface area contributed by atoms with Crippen LogP contribution in [0.3, 0.4) is 0 Å². The van der Waals surface area contributed by atoms with Gasteiger partial charge in [-0.2, -0.15) is 5.26 Å². The summed E-state index contributed by atoms with van der Waals surface area (Å²) in [5.41, 5.74) is 1.19. The number of benzene rings is 1. The molecule has 0 unspecified atom stereocenters. The number of nitrogens with zero attached hydrogens (tertiary/aromatic N) is 7. The molecule has 29 heavy (non-hydrogen) atoms. The van der Waals surface area contributed by atoms with Gasteiger partial charge in [-0.05, 0) is 18.2 Å². The average molecular weight is 386 g/mol. The minimum absolute atomic E-state index is 0.331. The molecule has 4 rings (SSSR count). The molecule has 0 saturated carbocycles. The molecular formula is C20H18N8O. The number of rotatable bonds is 4. The molecule has 0 radical (unpaired) electrons. The third kappa shape index (κ3) is 4.11. The van der Waals surface area contributed by atoms with Gasteiger partial charge in [0.2, 0.25) is 11.9 Å². The van der Waals surface area contributed by atoms with Gasteiger partial charge >= 0.3 is 0 Å². The second-order valence-corrected chi connectivity index (χ2v) is 6.41. The summed E-state index contributed by atoms with van der Waals surface area (Å²) >= 11 is 0. The van der Waals surface area contributed by atoms with Crippen molar-refractivity contribution < 1.29 is 4.79 Å². The maximum absolute atomic E-state index is 12.4. The third-order valence-electron chi connectivity index (χ3n) is 4.59. The van der Waals surface area contributed by atoms with E-state index in [-0.39, 0.29) is 5.91 Å². The lowest BCUT2D eigenvalue weighted by Gasteiger charge is -2.34. The molecule has 1 saturated heterocycles. The Morgan fingerprint density at radius 1 is 0.897 bits per heavy atom. The Bertz CT molecular complexity index is 1020. The molecule has 1 aromatic carbocycles. The number of aromatic nitrogens is 4. The van der Waals surface area contributed by atoms with Gasteiger partial charge in [-0.3, -0.25) is 4.79 Å².